The first-order valence-electron chi connectivity index (χ1n) is 4.55. The molecule has 0 aliphatic heterocycles. The van der Waals surface area contributed by atoms with E-state index in [0.717, 1.165) is 0 Å². The number of hydrogen-bond donors (Lipinski definition) is 3. The molecule has 1 aromatic rings. The molecule has 0 fully saturated rings. The van der Waals surface area contributed by atoms with Crippen molar-refractivity contribution in [3.8, 4) is 0 Å². The van der Waals surface area contributed by atoms with E-state index in [1.807, 2.05) is 0 Å². The molecule has 0 aliphatic rings. The number of aromatic nitrogens is 3. The molecule has 1 aromatic heterocycles. The Morgan fingerprint density at radius 2 is 2.12 bits per heavy atom. The summed E-state index contributed by atoms with van der Waals surface area (Å²) in [6.45, 7) is 3.02. The van der Waals surface area contributed by atoms with Gasteiger partial charge in [-0.05, 0) is 13.8 Å². The van der Waals surface area contributed by atoms with Crippen molar-refractivity contribution in [3.63, 3.8) is 0 Å². The van der Waals surface area contributed by atoms with Crippen molar-refractivity contribution in [2.45, 2.75) is 20.4 Å². The molecule has 3 N–H and O–H groups in total. The molecule has 0 spiro atoms. The molecule has 0 unspecified atom stereocenters. The van der Waals surface area contributed by atoms with Crippen LogP contribution in [0.3, 0.4) is 0 Å². The lowest BCUT2D eigenvalue weighted by atomic mass is 10.1. The zero-order valence-corrected chi connectivity index (χ0v) is 8.94. The summed E-state index contributed by atoms with van der Waals surface area (Å²) in [6.07, 6.45) is 1.33. The van der Waals surface area contributed by atoms with Gasteiger partial charge in [0, 0.05) is 11.1 Å². The fraction of sp³-hybridized carbons (Fsp3) is 0.333. The van der Waals surface area contributed by atoms with Crippen LogP contribution in [0.1, 0.15) is 19.7 Å². The number of carbonyl (C=O) groups excluding carboxylic acids is 1. The molecule has 0 saturated carbocycles. The fourth-order valence-corrected chi connectivity index (χ4v) is 0.943. The molecule has 7 heteroatoms. The third-order valence-corrected chi connectivity index (χ3v) is 2.11. The highest BCUT2D eigenvalue weighted by atomic mass is 16.4. The molecule has 0 bridgehead atoms. The van der Waals surface area contributed by atoms with Gasteiger partial charge in [-0.15, -0.1) is 0 Å². The van der Waals surface area contributed by atoms with Gasteiger partial charge in [0.2, 0.25) is 5.91 Å². The van der Waals surface area contributed by atoms with Crippen LogP contribution in [0.5, 0.6) is 0 Å². The maximum absolute atomic E-state index is 11.5. The molecule has 0 saturated heterocycles. The quantitative estimate of drug-likeness (QED) is 0.616. The standard InChI is InChI=1S/C9H12N4O3/c1-5(6(2)9(15)16)8(14)10-3-7-11-4-12-13-7/h4H,3H2,1-2H3,(H,10,14)(H,15,16)(H,11,12,13). The molecule has 7 nitrogen and oxygen atoms in total. The summed E-state index contributed by atoms with van der Waals surface area (Å²) in [5, 5.41) is 17.4. The van der Waals surface area contributed by atoms with Gasteiger partial charge < -0.3 is 10.4 Å². The second kappa shape index (κ2) is 5.06. The molecule has 0 atom stereocenters. The number of carbonyl (C=O) groups is 2. The van der Waals surface area contributed by atoms with E-state index in [2.05, 4.69) is 20.5 Å². The van der Waals surface area contributed by atoms with Crippen LogP contribution in [-0.2, 0) is 16.1 Å². The predicted octanol–water partition coefficient (Wildman–Crippen LogP) is -0.158. The summed E-state index contributed by atoms with van der Waals surface area (Å²) in [5.41, 5.74) is 0.196. The molecule has 86 valence electrons. The van der Waals surface area contributed by atoms with Gasteiger partial charge in [0.25, 0.3) is 0 Å². The SMILES string of the molecule is CC(C(=O)O)=C(C)C(=O)NCc1ncn[nH]1. The smallest absolute Gasteiger partial charge is 0.331 e. The van der Waals surface area contributed by atoms with Crippen LogP contribution in [0.2, 0.25) is 0 Å². The average molecular weight is 224 g/mol. The Morgan fingerprint density at radius 1 is 1.44 bits per heavy atom. The van der Waals surface area contributed by atoms with Crippen LogP contribution in [0.4, 0.5) is 0 Å². The van der Waals surface area contributed by atoms with E-state index in [9.17, 15) is 9.59 Å². The van der Waals surface area contributed by atoms with Gasteiger partial charge >= 0.3 is 5.97 Å². The number of rotatable bonds is 4. The number of nitrogens with zero attached hydrogens (tertiary/aromatic N) is 2. The number of aliphatic carboxylic acids is 1. The Bertz CT molecular complexity index is 422. The minimum Gasteiger partial charge on any atom is -0.478 e. The average Bonchev–Trinajstić information content (AvgIpc) is 2.76. The van der Waals surface area contributed by atoms with Gasteiger partial charge in [-0.3, -0.25) is 9.89 Å². The predicted molar refractivity (Wildman–Crippen MR) is 54.2 cm³/mol. The molecule has 0 radical (unpaired) electrons. The highest BCUT2D eigenvalue weighted by molar-refractivity contribution is 6.01. The first-order valence-corrected chi connectivity index (χ1v) is 4.55. The second-order valence-electron chi connectivity index (χ2n) is 3.17. The minimum atomic E-state index is -1.10. The lowest BCUT2D eigenvalue weighted by molar-refractivity contribution is -0.133. The van der Waals surface area contributed by atoms with Gasteiger partial charge in [0.15, 0.2) is 0 Å². The zero-order valence-electron chi connectivity index (χ0n) is 8.94. The summed E-state index contributed by atoms with van der Waals surface area (Å²) in [4.78, 5) is 25.9. The highest BCUT2D eigenvalue weighted by Crippen LogP contribution is 2.03. The molecule has 16 heavy (non-hydrogen) atoms. The Morgan fingerprint density at radius 3 is 2.62 bits per heavy atom. The van der Waals surface area contributed by atoms with Gasteiger partial charge in [-0.1, -0.05) is 0 Å². The fourth-order valence-electron chi connectivity index (χ4n) is 0.943. The number of H-pyrrole nitrogens is 1. The number of nitrogens with one attached hydrogen (secondary N) is 2. The molecule has 1 heterocycles. The minimum absolute atomic E-state index is 0.0232. The third kappa shape index (κ3) is 2.91. The molecule has 1 rings (SSSR count). The zero-order chi connectivity index (χ0) is 12.1. The lowest BCUT2D eigenvalue weighted by Crippen LogP contribution is -2.25. The van der Waals surface area contributed by atoms with Gasteiger partial charge in [-0.2, -0.15) is 5.10 Å². The maximum atomic E-state index is 11.5. The first kappa shape index (κ1) is 11.9. The van der Waals surface area contributed by atoms with Crippen molar-refractivity contribution < 1.29 is 14.7 Å². The van der Waals surface area contributed by atoms with Crippen LogP contribution >= 0.6 is 0 Å². The van der Waals surface area contributed by atoms with Gasteiger partial charge in [0.05, 0.1) is 6.54 Å². The highest BCUT2D eigenvalue weighted by Gasteiger charge is 2.12. The summed E-state index contributed by atoms with van der Waals surface area (Å²) in [7, 11) is 0. The Hall–Kier alpha value is -2.18. The van der Waals surface area contributed by atoms with Crippen molar-refractivity contribution in [3.05, 3.63) is 23.3 Å². The molecular weight excluding hydrogens is 212 g/mol. The number of carboxylic acid groups (broad SMARTS) is 1. The molecular formula is C9H12N4O3. The number of carboxylic acids is 1. The van der Waals surface area contributed by atoms with Crippen molar-refractivity contribution >= 4 is 11.9 Å². The van der Waals surface area contributed by atoms with E-state index in [0.29, 0.717) is 5.82 Å². The normalized spacial score (nSPS) is 11.9. The van der Waals surface area contributed by atoms with E-state index >= 15 is 0 Å². The number of hydrogen-bond acceptors (Lipinski definition) is 4. The number of amides is 1. The summed E-state index contributed by atoms with van der Waals surface area (Å²) < 4.78 is 0. The lowest BCUT2D eigenvalue weighted by Gasteiger charge is -2.04. The van der Waals surface area contributed by atoms with Crippen molar-refractivity contribution in [2.75, 3.05) is 0 Å². The monoisotopic (exact) mass is 224 g/mol. The van der Waals surface area contributed by atoms with E-state index in [-0.39, 0.29) is 17.7 Å². The van der Waals surface area contributed by atoms with Crippen molar-refractivity contribution in [1.82, 2.24) is 20.5 Å². The van der Waals surface area contributed by atoms with Crippen LogP contribution in [0, 0.1) is 0 Å². The second-order valence-corrected chi connectivity index (χ2v) is 3.17. The van der Waals surface area contributed by atoms with Crippen molar-refractivity contribution in [2.24, 2.45) is 0 Å². The van der Waals surface area contributed by atoms with Crippen molar-refractivity contribution in [1.29, 1.82) is 0 Å². The molecule has 0 aliphatic carbocycles. The largest absolute Gasteiger partial charge is 0.478 e. The summed E-state index contributed by atoms with van der Waals surface area (Å²) >= 11 is 0. The van der Waals surface area contributed by atoms with E-state index in [1.165, 1.54) is 20.2 Å². The summed E-state index contributed by atoms with van der Waals surface area (Å²) in [6, 6.07) is 0. The van der Waals surface area contributed by atoms with Gasteiger partial charge in [-0.25, -0.2) is 9.78 Å². The summed E-state index contributed by atoms with van der Waals surface area (Å²) in [5.74, 6) is -1.03. The molecule has 0 aromatic carbocycles. The van der Waals surface area contributed by atoms with Crippen LogP contribution in [0.15, 0.2) is 17.5 Å². The third-order valence-electron chi connectivity index (χ3n) is 2.11. The van der Waals surface area contributed by atoms with Crippen LogP contribution < -0.4 is 5.32 Å². The van der Waals surface area contributed by atoms with E-state index < -0.39 is 11.9 Å². The Labute approximate surface area is 91.6 Å². The Balaban J connectivity index is 2.59. The Kier molecular flexibility index (Phi) is 3.76. The van der Waals surface area contributed by atoms with Gasteiger partial charge in [0.1, 0.15) is 12.2 Å². The topological polar surface area (TPSA) is 108 Å². The first-order chi connectivity index (χ1) is 7.52. The van der Waals surface area contributed by atoms with E-state index in [4.69, 9.17) is 5.11 Å². The number of aromatic amines is 1. The van der Waals surface area contributed by atoms with Crippen LogP contribution in [-0.4, -0.2) is 32.2 Å². The maximum Gasteiger partial charge on any atom is 0.331 e. The van der Waals surface area contributed by atoms with E-state index in [1.54, 1.807) is 0 Å². The van der Waals surface area contributed by atoms with Crippen LogP contribution in [0.25, 0.3) is 0 Å². The molecule has 1 amide bonds.